The van der Waals surface area contributed by atoms with Crippen molar-refractivity contribution in [2.45, 2.75) is 62.8 Å². The maximum Gasteiger partial charge on any atom is 0.109 e. The first-order chi connectivity index (χ1) is 7.88. The standard InChI is InChI=1S/C13H25BINO/c1-12(14)6-4-5-11-10(7-12)8-13(2,9-17-15)16(11)3/h10-11H,4-9,14H2,1-3H3. The molecule has 2 rings (SSSR count). The van der Waals surface area contributed by atoms with E-state index in [0.29, 0.717) is 5.31 Å². The summed E-state index contributed by atoms with van der Waals surface area (Å²) in [6.45, 7) is 5.67. The van der Waals surface area contributed by atoms with Crippen molar-refractivity contribution in [2.75, 3.05) is 13.7 Å². The predicted molar refractivity (Wildman–Crippen MR) is 83.4 cm³/mol. The van der Waals surface area contributed by atoms with E-state index >= 15 is 0 Å². The highest BCUT2D eigenvalue weighted by atomic mass is 127. The Morgan fingerprint density at radius 1 is 1.41 bits per heavy atom. The van der Waals surface area contributed by atoms with Crippen molar-refractivity contribution < 1.29 is 3.07 Å². The molecule has 1 heterocycles. The van der Waals surface area contributed by atoms with Crippen LogP contribution in [0.3, 0.4) is 0 Å². The van der Waals surface area contributed by atoms with E-state index in [1.165, 1.54) is 32.1 Å². The van der Waals surface area contributed by atoms with Gasteiger partial charge in [0, 0.05) is 11.6 Å². The van der Waals surface area contributed by atoms with E-state index in [4.69, 9.17) is 3.07 Å². The molecule has 2 fully saturated rings. The highest BCUT2D eigenvalue weighted by Crippen LogP contribution is 2.49. The normalized spacial score (nSPS) is 47.8. The third kappa shape index (κ3) is 2.84. The fraction of sp³-hybridized carbons (Fsp3) is 1.00. The summed E-state index contributed by atoms with van der Waals surface area (Å²) in [5, 5.41) is 0.538. The van der Waals surface area contributed by atoms with Gasteiger partial charge in [-0.3, -0.25) is 4.90 Å². The van der Waals surface area contributed by atoms with Crippen LogP contribution in [-0.4, -0.2) is 38.0 Å². The van der Waals surface area contributed by atoms with E-state index in [0.717, 1.165) is 18.6 Å². The van der Waals surface area contributed by atoms with Crippen LogP contribution in [0.25, 0.3) is 0 Å². The maximum atomic E-state index is 5.42. The topological polar surface area (TPSA) is 12.5 Å². The van der Waals surface area contributed by atoms with Gasteiger partial charge in [0.2, 0.25) is 0 Å². The molecule has 0 aromatic carbocycles. The molecule has 0 aromatic heterocycles. The van der Waals surface area contributed by atoms with E-state index in [-0.39, 0.29) is 5.54 Å². The molecule has 2 nitrogen and oxygen atoms in total. The van der Waals surface area contributed by atoms with Gasteiger partial charge in [-0.2, -0.15) is 0 Å². The van der Waals surface area contributed by atoms with Crippen LogP contribution in [0.4, 0.5) is 0 Å². The Morgan fingerprint density at radius 3 is 2.76 bits per heavy atom. The lowest BCUT2D eigenvalue weighted by atomic mass is 9.63. The van der Waals surface area contributed by atoms with Crippen molar-refractivity contribution in [3.05, 3.63) is 0 Å². The number of fused-ring (bicyclic) bond motifs is 1. The third-order valence-corrected chi connectivity index (χ3v) is 5.44. The number of halogens is 1. The number of likely N-dealkylation sites (tertiary alicyclic amines) is 1. The maximum absolute atomic E-state index is 5.42. The molecule has 0 spiro atoms. The third-order valence-electron chi connectivity index (χ3n) is 5.13. The van der Waals surface area contributed by atoms with Crippen LogP contribution in [0.1, 0.15) is 46.0 Å². The van der Waals surface area contributed by atoms with E-state index in [2.05, 4.69) is 33.6 Å². The fourth-order valence-electron chi connectivity index (χ4n) is 4.08. The molecule has 2 aliphatic rings. The van der Waals surface area contributed by atoms with Crippen molar-refractivity contribution in [3.63, 3.8) is 0 Å². The van der Waals surface area contributed by atoms with Gasteiger partial charge in [-0.05, 0) is 32.7 Å². The van der Waals surface area contributed by atoms with Crippen LogP contribution in [-0.2, 0) is 3.07 Å². The average molecular weight is 349 g/mol. The molecular weight excluding hydrogens is 324 g/mol. The quantitative estimate of drug-likeness (QED) is 0.562. The first-order valence-electron chi connectivity index (χ1n) is 6.84. The molecule has 17 heavy (non-hydrogen) atoms. The molecule has 1 aliphatic heterocycles. The molecular formula is C13H25BINO. The summed E-state index contributed by atoms with van der Waals surface area (Å²) in [6.07, 6.45) is 6.86. The van der Waals surface area contributed by atoms with Crippen LogP contribution in [0.15, 0.2) is 0 Å². The lowest BCUT2D eigenvalue weighted by Crippen LogP contribution is -2.45. The largest absolute Gasteiger partial charge is 0.314 e. The number of hydrogen-bond acceptors (Lipinski definition) is 2. The highest BCUT2D eigenvalue weighted by molar-refractivity contribution is 14.1. The number of rotatable bonds is 2. The summed E-state index contributed by atoms with van der Waals surface area (Å²) in [4.78, 5) is 2.61. The summed E-state index contributed by atoms with van der Waals surface area (Å²) < 4.78 is 5.42. The van der Waals surface area contributed by atoms with Crippen molar-refractivity contribution in [1.82, 2.24) is 4.90 Å². The second-order valence-corrected chi connectivity index (χ2v) is 7.78. The smallest absolute Gasteiger partial charge is 0.109 e. The van der Waals surface area contributed by atoms with Crippen LogP contribution in [0.5, 0.6) is 0 Å². The Kier molecular flexibility index (Phi) is 4.16. The van der Waals surface area contributed by atoms with Gasteiger partial charge in [0.05, 0.1) is 6.61 Å². The minimum atomic E-state index is 0.254. The van der Waals surface area contributed by atoms with E-state index in [1.807, 2.05) is 23.0 Å². The zero-order chi connectivity index (χ0) is 12.7. The first-order valence-corrected chi connectivity index (χ1v) is 7.73. The van der Waals surface area contributed by atoms with Crippen molar-refractivity contribution >= 4 is 30.9 Å². The molecule has 0 N–H and O–H groups in total. The molecule has 0 radical (unpaired) electrons. The summed E-state index contributed by atoms with van der Waals surface area (Å²) in [5.41, 5.74) is 0.254. The van der Waals surface area contributed by atoms with Gasteiger partial charge in [0.25, 0.3) is 0 Å². The number of hydrogen-bond donors (Lipinski definition) is 0. The van der Waals surface area contributed by atoms with Gasteiger partial charge < -0.3 is 3.07 Å². The highest BCUT2D eigenvalue weighted by Gasteiger charge is 2.48. The minimum Gasteiger partial charge on any atom is -0.314 e. The molecule has 4 atom stereocenters. The van der Waals surface area contributed by atoms with Gasteiger partial charge in [-0.1, -0.05) is 31.5 Å². The second-order valence-electron chi connectivity index (χ2n) is 7.15. The zero-order valence-corrected chi connectivity index (χ0v) is 13.8. The van der Waals surface area contributed by atoms with E-state index in [9.17, 15) is 0 Å². The Morgan fingerprint density at radius 2 is 2.12 bits per heavy atom. The van der Waals surface area contributed by atoms with Gasteiger partial charge in [0.15, 0.2) is 0 Å². The number of nitrogens with zero attached hydrogens (tertiary/aromatic N) is 1. The molecule has 0 bridgehead atoms. The Labute approximate surface area is 121 Å². The summed E-state index contributed by atoms with van der Waals surface area (Å²) >= 11 is 2.04. The van der Waals surface area contributed by atoms with Crippen molar-refractivity contribution in [1.29, 1.82) is 0 Å². The second kappa shape index (κ2) is 5.01. The number of likely N-dealkylation sites (N-methyl/N-ethyl adjacent to an activating group) is 1. The summed E-state index contributed by atoms with van der Waals surface area (Å²) in [7, 11) is 4.75. The SMILES string of the molecule is BC1(C)CCCC2C(C1)CC(C)(COI)N2C. The molecule has 4 heteroatoms. The first kappa shape index (κ1) is 14.1. The van der Waals surface area contributed by atoms with Gasteiger partial charge >= 0.3 is 0 Å². The molecule has 4 unspecified atom stereocenters. The van der Waals surface area contributed by atoms with Crippen LogP contribution in [0, 0.1) is 5.92 Å². The van der Waals surface area contributed by atoms with Gasteiger partial charge in [-0.15, -0.1) is 0 Å². The Hall–Kier alpha value is 0.715. The monoisotopic (exact) mass is 349 g/mol. The molecule has 0 aromatic rings. The Bertz CT molecular complexity index is 287. The molecule has 1 saturated heterocycles. The van der Waals surface area contributed by atoms with Crippen LogP contribution < -0.4 is 0 Å². The molecule has 98 valence electrons. The van der Waals surface area contributed by atoms with Crippen LogP contribution in [0.2, 0.25) is 5.31 Å². The van der Waals surface area contributed by atoms with Gasteiger partial charge in [-0.25, -0.2) is 0 Å². The van der Waals surface area contributed by atoms with E-state index in [1.54, 1.807) is 0 Å². The lowest BCUT2D eigenvalue weighted by Gasteiger charge is -2.34. The average Bonchev–Trinajstić information content (AvgIpc) is 2.36. The van der Waals surface area contributed by atoms with Gasteiger partial charge in [0.1, 0.15) is 30.9 Å². The minimum absolute atomic E-state index is 0.254. The summed E-state index contributed by atoms with van der Waals surface area (Å²) in [6, 6.07) is 0.785. The lowest BCUT2D eigenvalue weighted by molar-refractivity contribution is 0.104. The molecule has 0 amide bonds. The predicted octanol–water partition coefficient (Wildman–Crippen LogP) is 2.82. The van der Waals surface area contributed by atoms with Crippen molar-refractivity contribution in [2.24, 2.45) is 5.92 Å². The van der Waals surface area contributed by atoms with Crippen molar-refractivity contribution in [3.8, 4) is 0 Å². The van der Waals surface area contributed by atoms with Crippen LogP contribution >= 0.6 is 23.0 Å². The summed E-state index contributed by atoms with van der Waals surface area (Å²) in [5.74, 6) is 0.869. The fourth-order valence-corrected chi connectivity index (χ4v) is 4.75. The molecule has 1 saturated carbocycles. The zero-order valence-electron chi connectivity index (χ0n) is 11.6. The molecule has 1 aliphatic carbocycles. The Balaban J connectivity index is 2.14. The van der Waals surface area contributed by atoms with E-state index < -0.39 is 0 Å².